The van der Waals surface area contributed by atoms with Gasteiger partial charge in [0.05, 0.1) is 0 Å². The second-order valence-electron chi connectivity index (χ2n) is 1.94. The Morgan fingerprint density at radius 3 is 2.36 bits per heavy atom. The highest BCUT2D eigenvalue weighted by molar-refractivity contribution is 8.11. The fourth-order valence-electron chi connectivity index (χ4n) is 0.426. The van der Waals surface area contributed by atoms with Crippen LogP contribution in [0.3, 0.4) is 0 Å². The Morgan fingerprint density at radius 1 is 1.45 bits per heavy atom. The van der Waals surface area contributed by atoms with E-state index in [-0.39, 0.29) is 0 Å². The zero-order valence-electron chi connectivity index (χ0n) is 6.07. The molecule has 11 heavy (non-hydrogen) atoms. The third-order valence-electron chi connectivity index (χ3n) is 1.05. The molecule has 0 saturated carbocycles. The molecule has 0 aliphatic rings. The van der Waals surface area contributed by atoms with Crippen molar-refractivity contribution in [2.75, 3.05) is 20.1 Å². The highest BCUT2D eigenvalue weighted by Crippen LogP contribution is 1.90. The van der Waals surface area contributed by atoms with Crippen molar-refractivity contribution in [1.82, 2.24) is 10.2 Å². The van der Waals surface area contributed by atoms with Gasteiger partial charge in [0.1, 0.15) is 8.64 Å². The lowest BCUT2D eigenvalue weighted by Gasteiger charge is -2.16. The van der Waals surface area contributed by atoms with Crippen LogP contribution < -0.4 is 5.32 Å². The zero-order chi connectivity index (χ0) is 8.85. The monoisotopic (exact) mass is 226 g/mol. The van der Waals surface area contributed by atoms with Gasteiger partial charge < -0.3 is 10.2 Å². The maximum atomic E-state index is 4.81. The zero-order valence-corrected chi connectivity index (χ0v) is 9.49. The largest absolute Gasteiger partial charge is 0.369 e. The first-order valence-electron chi connectivity index (χ1n) is 2.95. The van der Waals surface area contributed by atoms with E-state index >= 15 is 0 Å². The van der Waals surface area contributed by atoms with E-state index in [0.717, 1.165) is 13.1 Å². The van der Waals surface area contributed by atoms with E-state index in [1.807, 2.05) is 11.9 Å². The first kappa shape index (κ1) is 11.5. The Balaban J connectivity index is 3.39. The van der Waals surface area contributed by atoms with Gasteiger partial charge in [0.25, 0.3) is 0 Å². The summed E-state index contributed by atoms with van der Waals surface area (Å²) in [4.78, 5) is 1.84. The second kappa shape index (κ2) is 6.05. The molecule has 0 rings (SSSR count). The first-order chi connectivity index (χ1) is 5.04. The Bertz CT molecular complexity index is 159. The molecule has 0 fully saturated rings. The predicted octanol–water partition coefficient (Wildman–Crippen LogP) is 0.937. The number of nitrogens with zero attached hydrogens (tertiary/aromatic N) is 1. The Kier molecular flexibility index (Phi) is 6.31. The molecule has 0 spiro atoms. The SMILES string of the molecule is CN(CCNC(=S)S)C(=S)S. The summed E-state index contributed by atoms with van der Waals surface area (Å²) in [6.07, 6.45) is 0. The molecule has 0 bridgehead atoms. The van der Waals surface area contributed by atoms with Crippen LogP contribution in [0.1, 0.15) is 0 Å². The van der Waals surface area contributed by atoms with Crippen LogP contribution in [-0.2, 0) is 0 Å². The molecule has 0 radical (unpaired) electrons. The molecule has 0 aliphatic heterocycles. The van der Waals surface area contributed by atoms with Crippen LogP contribution in [0.15, 0.2) is 0 Å². The van der Waals surface area contributed by atoms with E-state index in [0.29, 0.717) is 8.64 Å². The van der Waals surface area contributed by atoms with Gasteiger partial charge in [0.15, 0.2) is 0 Å². The molecule has 0 aliphatic carbocycles. The van der Waals surface area contributed by atoms with Crippen LogP contribution in [0, 0.1) is 0 Å². The summed E-state index contributed by atoms with van der Waals surface area (Å²) < 4.78 is 1.08. The van der Waals surface area contributed by atoms with Gasteiger partial charge in [-0.05, 0) is 0 Å². The lowest BCUT2D eigenvalue weighted by atomic mass is 10.6. The number of thiocarbonyl (C=S) groups is 2. The van der Waals surface area contributed by atoms with Gasteiger partial charge >= 0.3 is 0 Å². The van der Waals surface area contributed by atoms with Gasteiger partial charge in [-0.3, -0.25) is 0 Å². The predicted molar refractivity (Wildman–Crippen MR) is 63.8 cm³/mol. The summed E-state index contributed by atoms with van der Waals surface area (Å²) >= 11 is 17.4. The van der Waals surface area contributed by atoms with Crippen molar-refractivity contribution in [2.45, 2.75) is 0 Å². The summed E-state index contributed by atoms with van der Waals surface area (Å²) in [6, 6.07) is 0. The van der Waals surface area contributed by atoms with E-state index in [1.54, 1.807) is 0 Å². The number of rotatable bonds is 3. The molecule has 6 heteroatoms. The minimum atomic E-state index is 0.503. The topological polar surface area (TPSA) is 15.3 Å². The van der Waals surface area contributed by atoms with Gasteiger partial charge in [0.2, 0.25) is 0 Å². The number of nitrogens with one attached hydrogen (secondary N) is 1. The number of hydrogen-bond donors (Lipinski definition) is 3. The van der Waals surface area contributed by atoms with E-state index in [1.165, 1.54) is 0 Å². The molecule has 0 saturated heterocycles. The van der Waals surface area contributed by atoms with E-state index < -0.39 is 0 Å². The van der Waals surface area contributed by atoms with Crippen LogP contribution in [0.25, 0.3) is 0 Å². The van der Waals surface area contributed by atoms with Crippen molar-refractivity contribution in [2.24, 2.45) is 0 Å². The highest BCUT2D eigenvalue weighted by atomic mass is 32.1. The van der Waals surface area contributed by atoms with Gasteiger partial charge in [-0.1, -0.05) is 24.4 Å². The minimum Gasteiger partial charge on any atom is -0.369 e. The van der Waals surface area contributed by atoms with Crippen molar-refractivity contribution in [3.63, 3.8) is 0 Å². The van der Waals surface area contributed by atoms with Crippen LogP contribution in [0.5, 0.6) is 0 Å². The molecule has 0 atom stereocenters. The van der Waals surface area contributed by atoms with E-state index in [4.69, 9.17) is 24.4 Å². The average molecular weight is 226 g/mol. The quantitative estimate of drug-likeness (QED) is 0.490. The second-order valence-corrected chi connectivity index (χ2v) is 4.21. The van der Waals surface area contributed by atoms with E-state index in [9.17, 15) is 0 Å². The minimum absolute atomic E-state index is 0.503. The first-order valence-corrected chi connectivity index (χ1v) is 4.66. The molecule has 0 heterocycles. The van der Waals surface area contributed by atoms with E-state index in [2.05, 4.69) is 30.6 Å². The molecule has 1 N–H and O–H groups in total. The van der Waals surface area contributed by atoms with Crippen molar-refractivity contribution < 1.29 is 0 Å². The van der Waals surface area contributed by atoms with Gasteiger partial charge in [-0.25, -0.2) is 0 Å². The number of thiol groups is 2. The van der Waals surface area contributed by atoms with Gasteiger partial charge in [0, 0.05) is 20.1 Å². The van der Waals surface area contributed by atoms with Crippen LogP contribution in [-0.4, -0.2) is 33.7 Å². The molecular formula is C5H10N2S4. The molecule has 0 amide bonds. The molecule has 0 unspecified atom stereocenters. The fourth-order valence-corrected chi connectivity index (χ4v) is 0.831. The summed E-state index contributed by atoms with van der Waals surface area (Å²) in [7, 11) is 1.87. The maximum Gasteiger partial charge on any atom is 0.133 e. The maximum absolute atomic E-state index is 4.81. The normalized spacial score (nSPS) is 9.00. The molecule has 0 aromatic heterocycles. The Morgan fingerprint density at radius 2 is 2.00 bits per heavy atom. The third-order valence-corrected chi connectivity index (χ3v) is 2.01. The molecular weight excluding hydrogens is 216 g/mol. The van der Waals surface area contributed by atoms with Gasteiger partial charge in [-0.2, -0.15) is 0 Å². The average Bonchev–Trinajstić information content (AvgIpc) is 1.86. The lowest BCUT2D eigenvalue weighted by molar-refractivity contribution is 0.523. The summed E-state index contributed by atoms with van der Waals surface area (Å²) in [6.45, 7) is 1.52. The summed E-state index contributed by atoms with van der Waals surface area (Å²) in [5, 5.41) is 2.89. The number of hydrogen-bond acceptors (Lipinski definition) is 2. The lowest BCUT2D eigenvalue weighted by Crippen LogP contribution is -2.31. The molecule has 64 valence electrons. The van der Waals surface area contributed by atoms with Crippen molar-refractivity contribution in [3.8, 4) is 0 Å². The fraction of sp³-hybridized carbons (Fsp3) is 0.600. The number of likely N-dealkylation sites (N-methyl/N-ethyl adjacent to an activating group) is 1. The standard InChI is InChI=1S/C5H10N2S4/c1-7(5(10)11)3-2-6-4(8)9/h2-3H2,1H3,(H,10,11)(H2,6,8,9). The Hall–Kier alpha value is 0.480. The van der Waals surface area contributed by atoms with Crippen LogP contribution in [0.4, 0.5) is 0 Å². The summed E-state index contributed by atoms with van der Waals surface area (Å²) in [5.74, 6) is 0. The molecule has 2 nitrogen and oxygen atoms in total. The van der Waals surface area contributed by atoms with Crippen LogP contribution >= 0.6 is 49.7 Å². The van der Waals surface area contributed by atoms with Crippen molar-refractivity contribution in [1.29, 1.82) is 0 Å². The third kappa shape index (κ3) is 6.86. The summed E-state index contributed by atoms with van der Waals surface area (Å²) in [5.41, 5.74) is 0. The highest BCUT2D eigenvalue weighted by Gasteiger charge is 1.97. The van der Waals surface area contributed by atoms with Gasteiger partial charge in [-0.15, -0.1) is 25.3 Å². The molecule has 0 aromatic carbocycles. The van der Waals surface area contributed by atoms with Crippen LogP contribution in [0.2, 0.25) is 0 Å². The smallest absolute Gasteiger partial charge is 0.133 e. The van der Waals surface area contributed by atoms with Crippen molar-refractivity contribution in [3.05, 3.63) is 0 Å². The van der Waals surface area contributed by atoms with Crippen molar-refractivity contribution >= 4 is 58.3 Å². The molecule has 0 aromatic rings. The Labute approximate surface area is 88.5 Å².